The highest BCUT2D eigenvalue weighted by Crippen LogP contribution is 2.10. The topological polar surface area (TPSA) is 12.0 Å². The fourth-order valence-corrected chi connectivity index (χ4v) is 1.03. The minimum Gasteiger partial charge on any atom is -0.308 e. The lowest BCUT2D eigenvalue weighted by atomic mass is 10.1. The van der Waals surface area contributed by atoms with Gasteiger partial charge in [0.25, 0.3) is 0 Å². The van der Waals surface area contributed by atoms with Gasteiger partial charge >= 0.3 is 0 Å². The van der Waals surface area contributed by atoms with Crippen molar-refractivity contribution in [1.82, 2.24) is 5.32 Å². The summed E-state index contributed by atoms with van der Waals surface area (Å²) in [6.07, 6.45) is 0. The van der Waals surface area contributed by atoms with Crippen LogP contribution in [-0.2, 0) is 6.54 Å². The average Bonchev–Trinajstić information content (AvgIpc) is 2.00. The standard InChI is InChI=1S/C11H15F2N/c1-11(2,3)14-7-8-4-5-9(12)6-10(8)13/h4-6,14H,7H2,1-3H3. The highest BCUT2D eigenvalue weighted by atomic mass is 19.1. The van der Waals surface area contributed by atoms with Gasteiger partial charge in [-0.1, -0.05) is 6.07 Å². The summed E-state index contributed by atoms with van der Waals surface area (Å²) in [4.78, 5) is 0. The van der Waals surface area contributed by atoms with Gasteiger partial charge in [0.1, 0.15) is 11.6 Å². The van der Waals surface area contributed by atoms with Crippen LogP contribution in [-0.4, -0.2) is 5.54 Å². The van der Waals surface area contributed by atoms with E-state index in [1.807, 2.05) is 20.8 Å². The van der Waals surface area contributed by atoms with Gasteiger partial charge in [0, 0.05) is 23.7 Å². The van der Waals surface area contributed by atoms with Gasteiger partial charge in [-0.15, -0.1) is 0 Å². The van der Waals surface area contributed by atoms with E-state index >= 15 is 0 Å². The summed E-state index contributed by atoms with van der Waals surface area (Å²) < 4.78 is 25.7. The van der Waals surface area contributed by atoms with Gasteiger partial charge in [-0.3, -0.25) is 0 Å². The maximum Gasteiger partial charge on any atom is 0.130 e. The zero-order valence-electron chi connectivity index (χ0n) is 8.70. The molecule has 1 rings (SSSR count). The zero-order chi connectivity index (χ0) is 10.8. The molecule has 0 aliphatic heterocycles. The Labute approximate surface area is 83.1 Å². The summed E-state index contributed by atoms with van der Waals surface area (Å²) in [6, 6.07) is 3.63. The van der Waals surface area contributed by atoms with Crippen molar-refractivity contribution < 1.29 is 8.78 Å². The van der Waals surface area contributed by atoms with Crippen LogP contribution in [0.1, 0.15) is 26.3 Å². The molecule has 0 heterocycles. The van der Waals surface area contributed by atoms with Crippen LogP contribution in [0.25, 0.3) is 0 Å². The van der Waals surface area contributed by atoms with Crippen molar-refractivity contribution in [3.05, 3.63) is 35.4 Å². The summed E-state index contributed by atoms with van der Waals surface area (Å²) in [5.74, 6) is -1.04. The maximum atomic E-state index is 13.1. The second-order valence-corrected chi connectivity index (χ2v) is 4.34. The van der Waals surface area contributed by atoms with Gasteiger partial charge in [0.2, 0.25) is 0 Å². The first kappa shape index (κ1) is 11.1. The van der Waals surface area contributed by atoms with Crippen molar-refractivity contribution in [2.45, 2.75) is 32.9 Å². The van der Waals surface area contributed by atoms with Crippen molar-refractivity contribution in [3.63, 3.8) is 0 Å². The first-order valence-electron chi connectivity index (χ1n) is 4.57. The summed E-state index contributed by atoms with van der Waals surface area (Å²) in [6.45, 7) is 6.40. The Morgan fingerprint density at radius 3 is 2.36 bits per heavy atom. The van der Waals surface area contributed by atoms with Crippen LogP contribution in [0.15, 0.2) is 18.2 Å². The quantitative estimate of drug-likeness (QED) is 0.772. The minimum atomic E-state index is -0.540. The molecule has 0 saturated carbocycles. The van der Waals surface area contributed by atoms with Gasteiger partial charge in [-0.05, 0) is 26.8 Å². The van der Waals surface area contributed by atoms with Crippen molar-refractivity contribution in [3.8, 4) is 0 Å². The number of halogens is 2. The normalized spacial score (nSPS) is 11.8. The predicted molar refractivity (Wildman–Crippen MR) is 53.0 cm³/mol. The number of benzene rings is 1. The lowest BCUT2D eigenvalue weighted by Crippen LogP contribution is -2.35. The Hall–Kier alpha value is -0.960. The highest BCUT2D eigenvalue weighted by molar-refractivity contribution is 5.18. The van der Waals surface area contributed by atoms with Gasteiger partial charge in [0.15, 0.2) is 0 Å². The molecule has 0 amide bonds. The van der Waals surface area contributed by atoms with Crippen LogP contribution in [0.5, 0.6) is 0 Å². The Morgan fingerprint density at radius 1 is 1.21 bits per heavy atom. The van der Waals surface area contributed by atoms with Gasteiger partial charge in [-0.25, -0.2) is 8.78 Å². The second kappa shape index (κ2) is 4.05. The Balaban J connectivity index is 2.68. The van der Waals surface area contributed by atoms with Crippen LogP contribution in [0.2, 0.25) is 0 Å². The summed E-state index contributed by atoms with van der Waals surface area (Å²) in [7, 11) is 0. The van der Waals surface area contributed by atoms with Crippen LogP contribution >= 0.6 is 0 Å². The van der Waals surface area contributed by atoms with E-state index in [0.29, 0.717) is 12.1 Å². The molecule has 0 unspecified atom stereocenters. The minimum absolute atomic E-state index is 0.0686. The van der Waals surface area contributed by atoms with E-state index < -0.39 is 11.6 Å². The van der Waals surface area contributed by atoms with E-state index in [0.717, 1.165) is 6.07 Å². The van der Waals surface area contributed by atoms with Crippen molar-refractivity contribution in [2.75, 3.05) is 0 Å². The fraction of sp³-hybridized carbons (Fsp3) is 0.455. The Bertz CT molecular complexity index is 316. The van der Waals surface area contributed by atoms with Crippen LogP contribution < -0.4 is 5.32 Å². The molecule has 1 aromatic carbocycles. The molecule has 3 heteroatoms. The smallest absolute Gasteiger partial charge is 0.130 e. The molecular formula is C11H15F2N. The third kappa shape index (κ3) is 3.42. The van der Waals surface area contributed by atoms with Crippen LogP contribution in [0.4, 0.5) is 8.78 Å². The average molecular weight is 199 g/mol. The lowest BCUT2D eigenvalue weighted by Gasteiger charge is -2.20. The molecule has 0 aliphatic carbocycles. The summed E-state index contributed by atoms with van der Waals surface area (Å²) in [5, 5.41) is 3.14. The molecule has 78 valence electrons. The molecule has 1 nitrogen and oxygen atoms in total. The number of hydrogen-bond acceptors (Lipinski definition) is 1. The lowest BCUT2D eigenvalue weighted by molar-refractivity contribution is 0.418. The largest absolute Gasteiger partial charge is 0.308 e. The third-order valence-electron chi connectivity index (χ3n) is 1.82. The first-order valence-corrected chi connectivity index (χ1v) is 4.57. The van der Waals surface area contributed by atoms with Crippen molar-refractivity contribution in [2.24, 2.45) is 0 Å². The number of nitrogens with one attached hydrogen (secondary N) is 1. The SMILES string of the molecule is CC(C)(C)NCc1ccc(F)cc1F. The highest BCUT2D eigenvalue weighted by Gasteiger charge is 2.10. The molecule has 0 aromatic heterocycles. The van der Waals surface area contributed by atoms with E-state index in [1.165, 1.54) is 12.1 Å². The Kier molecular flexibility index (Phi) is 3.21. The number of hydrogen-bond donors (Lipinski definition) is 1. The van der Waals surface area contributed by atoms with Gasteiger partial charge < -0.3 is 5.32 Å². The molecule has 1 N–H and O–H groups in total. The van der Waals surface area contributed by atoms with E-state index in [9.17, 15) is 8.78 Å². The van der Waals surface area contributed by atoms with E-state index in [2.05, 4.69) is 5.32 Å². The summed E-state index contributed by atoms with van der Waals surface area (Å²) >= 11 is 0. The maximum absolute atomic E-state index is 13.1. The first-order chi connectivity index (χ1) is 6.38. The second-order valence-electron chi connectivity index (χ2n) is 4.34. The molecular weight excluding hydrogens is 184 g/mol. The van der Waals surface area contributed by atoms with Crippen molar-refractivity contribution in [1.29, 1.82) is 0 Å². The van der Waals surface area contributed by atoms with E-state index in [4.69, 9.17) is 0 Å². The molecule has 0 fully saturated rings. The molecule has 0 saturated heterocycles. The van der Waals surface area contributed by atoms with Gasteiger partial charge in [0.05, 0.1) is 0 Å². The monoisotopic (exact) mass is 199 g/mol. The predicted octanol–water partition coefficient (Wildman–Crippen LogP) is 2.85. The Morgan fingerprint density at radius 2 is 1.86 bits per heavy atom. The molecule has 1 aromatic rings. The van der Waals surface area contributed by atoms with Crippen molar-refractivity contribution >= 4 is 0 Å². The van der Waals surface area contributed by atoms with Gasteiger partial charge in [-0.2, -0.15) is 0 Å². The zero-order valence-corrected chi connectivity index (χ0v) is 8.70. The van der Waals surface area contributed by atoms with E-state index in [1.54, 1.807) is 0 Å². The van der Waals surface area contributed by atoms with E-state index in [-0.39, 0.29) is 5.54 Å². The summed E-state index contributed by atoms with van der Waals surface area (Å²) in [5.41, 5.74) is 0.419. The molecule has 0 bridgehead atoms. The third-order valence-corrected chi connectivity index (χ3v) is 1.82. The number of rotatable bonds is 2. The molecule has 0 radical (unpaired) electrons. The molecule has 0 aliphatic rings. The molecule has 0 spiro atoms. The van der Waals surface area contributed by atoms with Crippen LogP contribution in [0, 0.1) is 11.6 Å². The fourth-order valence-electron chi connectivity index (χ4n) is 1.03. The molecule has 0 atom stereocenters. The molecule has 14 heavy (non-hydrogen) atoms. The van der Waals surface area contributed by atoms with Crippen LogP contribution in [0.3, 0.4) is 0 Å².